The summed E-state index contributed by atoms with van der Waals surface area (Å²) in [6.07, 6.45) is 7.13. The molecule has 0 radical (unpaired) electrons. The van der Waals surface area contributed by atoms with E-state index in [4.69, 9.17) is 4.74 Å². The number of hydrogen-bond donors (Lipinski definition) is 1. The molecule has 0 aliphatic heterocycles. The molecule has 4 nitrogen and oxygen atoms in total. The second-order valence-corrected chi connectivity index (χ2v) is 6.68. The van der Waals surface area contributed by atoms with Gasteiger partial charge < -0.3 is 4.74 Å². The van der Waals surface area contributed by atoms with Gasteiger partial charge in [-0.25, -0.2) is 0 Å². The molecule has 0 bridgehead atoms. The molecule has 3 rings (SSSR count). The summed E-state index contributed by atoms with van der Waals surface area (Å²) in [6, 6.07) is 10.0. The molecule has 0 spiro atoms. The molecule has 0 aromatic heterocycles. The summed E-state index contributed by atoms with van der Waals surface area (Å²) in [6.45, 7) is 2.37. The van der Waals surface area contributed by atoms with Crippen molar-refractivity contribution in [3.63, 3.8) is 0 Å². The number of fused-ring (bicyclic) bond motifs is 1. The van der Waals surface area contributed by atoms with Crippen molar-refractivity contribution >= 4 is 17.4 Å². The number of esters is 1. The third-order valence-electron chi connectivity index (χ3n) is 5.35. The first kappa shape index (κ1) is 16.0. The number of hydrazone groups is 1. The molecule has 0 heterocycles. The fraction of sp³-hybridized carbons (Fsp3) is 0.579. The van der Waals surface area contributed by atoms with Gasteiger partial charge in [0.25, 0.3) is 0 Å². The third kappa shape index (κ3) is 3.41. The Morgan fingerprint density at radius 2 is 2.13 bits per heavy atom. The molecule has 0 amide bonds. The molecule has 0 unspecified atom stereocenters. The van der Waals surface area contributed by atoms with Crippen LogP contribution in [0, 0.1) is 11.3 Å². The third-order valence-corrected chi connectivity index (χ3v) is 5.35. The van der Waals surface area contributed by atoms with Gasteiger partial charge in [-0.3, -0.25) is 10.2 Å². The van der Waals surface area contributed by atoms with Gasteiger partial charge in [0.15, 0.2) is 0 Å². The quantitative estimate of drug-likeness (QED) is 0.663. The number of hydrogen-bond acceptors (Lipinski definition) is 4. The Kier molecular flexibility index (Phi) is 4.99. The minimum atomic E-state index is -0.250. The van der Waals surface area contributed by atoms with E-state index in [1.54, 1.807) is 0 Å². The van der Waals surface area contributed by atoms with Crippen molar-refractivity contribution < 1.29 is 9.53 Å². The molecular formula is C19H26N2O2. The molecule has 2 aliphatic carbocycles. The number of rotatable bonds is 4. The standard InChI is InChI=1S/C19H26N2O2/c1-2-23-18(22)19-12-7-6-8-15(19)14-17(11-13-19)21-20-16-9-4-3-5-10-16/h3-5,9-10,15,20H,2,6-8,11-14H2,1H3/b21-17+/t15-,19+/m0/s1. The predicted molar refractivity (Wildman–Crippen MR) is 92.4 cm³/mol. The maximum Gasteiger partial charge on any atom is 0.312 e. The first-order valence-electron chi connectivity index (χ1n) is 8.78. The average Bonchev–Trinajstić information content (AvgIpc) is 2.61. The monoisotopic (exact) mass is 314 g/mol. The van der Waals surface area contributed by atoms with E-state index in [0.717, 1.165) is 44.2 Å². The smallest absolute Gasteiger partial charge is 0.312 e. The SMILES string of the molecule is CCOC(=O)[C@@]12CCCC[C@H]1C/C(=N/Nc1ccccc1)CC2. The van der Waals surface area contributed by atoms with Crippen LogP contribution in [-0.2, 0) is 9.53 Å². The van der Waals surface area contributed by atoms with E-state index in [0.29, 0.717) is 12.5 Å². The number of nitrogens with one attached hydrogen (secondary N) is 1. The summed E-state index contributed by atoms with van der Waals surface area (Å²) >= 11 is 0. The molecule has 124 valence electrons. The number of nitrogens with zero attached hydrogens (tertiary/aromatic N) is 1. The molecule has 23 heavy (non-hydrogen) atoms. The number of benzene rings is 1. The molecule has 1 aromatic carbocycles. The number of carbonyl (C=O) groups excluding carboxylic acids is 1. The van der Waals surface area contributed by atoms with E-state index >= 15 is 0 Å². The number of anilines is 1. The summed E-state index contributed by atoms with van der Waals surface area (Å²) in [5.41, 5.74) is 5.09. The highest BCUT2D eigenvalue weighted by molar-refractivity contribution is 5.89. The van der Waals surface area contributed by atoms with Crippen LogP contribution in [0.5, 0.6) is 0 Å². The van der Waals surface area contributed by atoms with Crippen molar-refractivity contribution in [3.05, 3.63) is 30.3 Å². The Bertz CT molecular complexity index is 570. The van der Waals surface area contributed by atoms with Gasteiger partial charge in [-0.1, -0.05) is 31.0 Å². The van der Waals surface area contributed by atoms with Gasteiger partial charge >= 0.3 is 5.97 Å². The fourth-order valence-corrected chi connectivity index (χ4v) is 4.10. The van der Waals surface area contributed by atoms with Crippen LogP contribution >= 0.6 is 0 Å². The summed E-state index contributed by atoms with van der Waals surface area (Å²) < 4.78 is 5.41. The first-order valence-corrected chi connectivity index (χ1v) is 8.78. The number of para-hydroxylation sites is 1. The Morgan fingerprint density at radius 1 is 1.30 bits per heavy atom. The molecule has 2 atom stereocenters. The highest BCUT2D eigenvalue weighted by Gasteiger charge is 2.50. The first-order chi connectivity index (χ1) is 11.2. The van der Waals surface area contributed by atoms with Crippen LogP contribution in [0.3, 0.4) is 0 Å². The van der Waals surface area contributed by atoms with Crippen molar-refractivity contribution in [1.29, 1.82) is 0 Å². The van der Waals surface area contributed by atoms with Crippen LogP contribution in [-0.4, -0.2) is 18.3 Å². The Balaban J connectivity index is 1.70. The Hall–Kier alpha value is -1.84. The van der Waals surface area contributed by atoms with Gasteiger partial charge in [0, 0.05) is 5.71 Å². The average molecular weight is 314 g/mol. The maximum atomic E-state index is 12.6. The second-order valence-electron chi connectivity index (χ2n) is 6.68. The molecule has 2 aliphatic rings. The van der Waals surface area contributed by atoms with E-state index in [1.807, 2.05) is 37.3 Å². The van der Waals surface area contributed by atoms with Gasteiger partial charge in [0.2, 0.25) is 0 Å². The van der Waals surface area contributed by atoms with Crippen LogP contribution in [0.15, 0.2) is 35.4 Å². The van der Waals surface area contributed by atoms with Crippen LogP contribution in [0.4, 0.5) is 5.69 Å². The van der Waals surface area contributed by atoms with Crippen molar-refractivity contribution in [2.45, 2.75) is 51.9 Å². The van der Waals surface area contributed by atoms with Gasteiger partial charge in [0.05, 0.1) is 17.7 Å². The summed E-state index contributed by atoms with van der Waals surface area (Å²) in [4.78, 5) is 12.6. The minimum absolute atomic E-state index is 0.0276. The van der Waals surface area contributed by atoms with Crippen molar-refractivity contribution in [2.75, 3.05) is 12.0 Å². The molecule has 2 saturated carbocycles. The maximum absolute atomic E-state index is 12.6. The predicted octanol–water partition coefficient (Wildman–Crippen LogP) is 4.38. The molecule has 1 N–H and O–H groups in total. The van der Waals surface area contributed by atoms with Crippen LogP contribution in [0.2, 0.25) is 0 Å². The summed E-state index contributed by atoms with van der Waals surface area (Å²) in [7, 11) is 0. The zero-order valence-corrected chi connectivity index (χ0v) is 13.9. The van der Waals surface area contributed by atoms with Crippen LogP contribution in [0.1, 0.15) is 51.9 Å². The van der Waals surface area contributed by atoms with Gasteiger partial charge in [0.1, 0.15) is 0 Å². The lowest BCUT2D eigenvalue weighted by Gasteiger charge is -2.45. The lowest BCUT2D eigenvalue weighted by Crippen LogP contribution is -2.46. The van der Waals surface area contributed by atoms with Crippen molar-refractivity contribution in [3.8, 4) is 0 Å². The van der Waals surface area contributed by atoms with Crippen LogP contribution < -0.4 is 5.43 Å². The zero-order chi connectivity index (χ0) is 16.1. The lowest BCUT2D eigenvalue weighted by atomic mass is 9.59. The van der Waals surface area contributed by atoms with Gasteiger partial charge in [-0.05, 0) is 57.1 Å². The number of ether oxygens (including phenoxy) is 1. The molecule has 1 aromatic rings. The zero-order valence-electron chi connectivity index (χ0n) is 13.9. The highest BCUT2D eigenvalue weighted by Crippen LogP contribution is 2.50. The van der Waals surface area contributed by atoms with Crippen molar-refractivity contribution in [2.24, 2.45) is 16.4 Å². The fourth-order valence-electron chi connectivity index (χ4n) is 4.10. The largest absolute Gasteiger partial charge is 0.466 e. The van der Waals surface area contributed by atoms with E-state index < -0.39 is 0 Å². The second kappa shape index (κ2) is 7.16. The molecule has 2 fully saturated rings. The Labute approximate surface area is 138 Å². The van der Waals surface area contributed by atoms with E-state index in [2.05, 4.69) is 10.5 Å². The summed E-state index contributed by atoms with van der Waals surface area (Å²) in [5, 5.41) is 4.60. The molecule has 4 heteroatoms. The minimum Gasteiger partial charge on any atom is -0.466 e. The molecular weight excluding hydrogens is 288 g/mol. The van der Waals surface area contributed by atoms with Gasteiger partial charge in [-0.2, -0.15) is 5.10 Å². The van der Waals surface area contributed by atoms with E-state index in [9.17, 15) is 4.79 Å². The van der Waals surface area contributed by atoms with Gasteiger partial charge in [-0.15, -0.1) is 0 Å². The number of carbonyl (C=O) groups is 1. The topological polar surface area (TPSA) is 50.7 Å². The van der Waals surface area contributed by atoms with E-state index in [-0.39, 0.29) is 11.4 Å². The van der Waals surface area contributed by atoms with Crippen LogP contribution in [0.25, 0.3) is 0 Å². The lowest BCUT2D eigenvalue weighted by molar-refractivity contribution is -0.163. The normalized spacial score (nSPS) is 28.9. The Morgan fingerprint density at radius 3 is 2.91 bits per heavy atom. The summed E-state index contributed by atoms with van der Waals surface area (Å²) in [5.74, 6) is 0.417. The van der Waals surface area contributed by atoms with Crippen molar-refractivity contribution in [1.82, 2.24) is 0 Å². The highest BCUT2D eigenvalue weighted by atomic mass is 16.5. The molecule has 0 saturated heterocycles. The van der Waals surface area contributed by atoms with E-state index in [1.165, 1.54) is 12.1 Å².